The van der Waals surface area contributed by atoms with Crippen molar-refractivity contribution in [3.05, 3.63) is 34.0 Å². The van der Waals surface area contributed by atoms with Crippen LogP contribution >= 0.6 is 11.3 Å². The predicted octanol–water partition coefficient (Wildman–Crippen LogP) is 2.74. The molecule has 0 atom stereocenters. The number of ether oxygens (including phenoxy) is 2. The maximum Gasteiger partial charge on any atom is 0.241 e. The van der Waals surface area contributed by atoms with Crippen molar-refractivity contribution in [1.82, 2.24) is 10.0 Å². The van der Waals surface area contributed by atoms with E-state index in [9.17, 15) is 8.42 Å². The number of hydrogen-bond acceptors (Lipinski definition) is 6. The van der Waals surface area contributed by atoms with Crippen molar-refractivity contribution in [1.29, 1.82) is 0 Å². The normalized spacial score (nSPS) is 12.0. The van der Waals surface area contributed by atoms with Crippen molar-refractivity contribution in [2.75, 3.05) is 39.2 Å². The molecule has 29 heavy (non-hydrogen) atoms. The summed E-state index contributed by atoms with van der Waals surface area (Å²) in [6.07, 6.45) is 0. The van der Waals surface area contributed by atoms with Gasteiger partial charge in [-0.3, -0.25) is 4.99 Å². The third kappa shape index (κ3) is 6.34. The molecule has 1 aromatic carbocycles. The van der Waals surface area contributed by atoms with Gasteiger partial charge in [0.25, 0.3) is 0 Å². The Morgan fingerprint density at radius 2 is 1.86 bits per heavy atom. The fourth-order valence-corrected chi connectivity index (χ4v) is 5.23. The van der Waals surface area contributed by atoms with E-state index in [4.69, 9.17) is 9.47 Å². The molecular formula is C19H28N4O4S2. The van der Waals surface area contributed by atoms with Crippen LogP contribution in [0.2, 0.25) is 0 Å². The summed E-state index contributed by atoms with van der Waals surface area (Å²) in [6, 6.07) is 7.13. The van der Waals surface area contributed by atoms with E-state index in [1.54, 1.807) is 39.3 Å². The molecule has 0 unspecified atom stereocenters. The van der Waals surface area contributed by atoms with Crippen LogP contribution in [0.1, 0.15) is 16.7 Å². The number of sulfonamides is 1. The van der Waals surface area contributed by atoms with Crippen molar-refractivity contribution in [2.24, 2.45) is 4.99 Å². The number of aryl methyl sites for hydroxylation is 2. The third-order valence-electron chi connectivity index (χ3n) is 3.95. The van der Waals surface area contributed by atoms with Crippen LogP contribution in [-0.2, 0) is 10.0 Å². The molecule has 0 saturated carbocycles. The lowest BCUT2D eigenvalue weighted by Crippen LogP contribution is -2.32. The Labute approximate surface area is 176 Å². The van der Waals surface area contributed by atoms with E-state index in [-0.39, 0.29) is 13.1 Å². The van der Waals surface area contributed by atoms with Crippen molar-refractivity contribution in [3.8, 4) is 11.5 Å². The second-order valence-electron chi connectivity index (χ2n) is 6.13. The lowest BCUT2D eigenvalue weighted by molar-refractivity contribution is 0.355. The summed E-state index contributed by atoms with van der Waals surface area (Å²) in [5.41, 5.74) is 0.771. The van der Waals surface area contributed by atoms with Crippen LogP contribution < -0.4 is 24.8 Å². The van der Waals surface area contributed by atoms with E-state index in [1.165, 1.54) is 11.3 Å². The molecule has 0 radical (unpaired) electrons. The highest BCUT2D eigenvalue weighted by Crippen LogP contribution is 2.29. The van der Waals surface area contributed by atoms with Crippen molar-refractivity contribution in [2.45, 2.75) is 25.7 Å². The molecule has 0 aliphatic carbocycles. The van der Waals surface area contributed by atoms with Crippen LogP contribution in [0.5, 0.6) is 11.5 Å². The molecule has 3 N–H and O–H groups in total. The standard InChI is InChI=1S/C19H28N4O4S2/c1-6-20-19(23-15-7-8-16(26-4)17(12-15)27-5)21-9-10-22-29(24,25)18-11-13(2)28-14(18)3/h7-8,11-12,22H,6,9-10H2,1-5H3,(H2,20,21,23). The molecule has 0 aliphatic rings. The summed E-state index contributed by atoms with van der Waals surface area (Å²) in [6.45, 7) is 6.79. The van der Waals surface area contributed by atoms with Gasteiger partial charge in [0.15, 0.2) is 17.5 Å². The van der Waals surface area contributed by atoms with Gasteiger partial charge in [-0.25, -0.2) is 13.1 Å². The molecular weight excluding hydrogens is 412 g/mol. The largest absolute Gasteiger partial charge is 0.493 e. The van der Waals surface area contributed by atoms with Crippen LogP contribution in [0.15, 0.2) is 34.2 Å². The molecule has 0 bridgehead atoms. The number of nitrogens with zero attached hydrogens (tertiary/aromatic N) is 1. The Morgan fingerprint density at radius 1 is 1.14 bits per heavy atom. The minimum Gasteiger partial charge on any atom is -0.493 e. The molecule has 8 nitrogen and oxygen atoms in total. The molecule has 0 aliphatic heterocycles. The second-order valence-corrected chi connectivity index (χ2v) is 9.33. The molecule has 2 aromatic rings. The SMILES string of the molecule is CCNC(=NCCNS(=O)(=O)c1cc(C)sc1C)Nc1ccc(OC)c(OC)c1. The zero-order valence-electron chi connectivity index (χ0n) is 17.3. The Kier molecular flexibility index (Phi) is 8.30. The fourth-order valence-electron chi connectivity index (χ4n) is 2.66. The quantitative estimate of drug-likeness (QED) is 0.315. The van der Waals surface area contributed by atoms with Gasteiger partial charge in [0, 0.05) is 34.6 Å². The first-order chi connectivity index (χ1) is 13.8. The lowest BCUT2D eigenvalue weighted by atomic mass is 10.3. The maximum atomic E-state index is 12.4. The van der Waals surface area contributed by atoms with Crippen molar-refractivity contribution < 1.29 is 17.9 Å². The van der Waals surface area contributed by atoms with Crippen molar-refractivity contribution in [3.63, 3.8) is 0 Å². The first kappa shape index (κ1) is 23.0. The Bertz CT molecular complexity index is 955. The van der Waals surface area contributed by atoms with Gasteiger partial charge in [0.05, 0.1) is 25.7 Å². The number of nitrogens with one attached hydrogen (secondary N) is 3. The van der Waals surface area contributed by atoms with Crippen LogP contribution in [0.25, 0.3) is 0 Å². The van der Waals surface area contributed by atoms with E-state index in [1.807, 2.05) is 19.9 Å². The van der Waals surface area contributed by atoms with E-state index in [2.05, 4.69) is 20.3 Å². The number of rotatable bonds is 9. The lowest BCUT2D eigenvalue weighted by Gasteiger charge is -2.14. The van der Waals surface area contributed by atoms with Crippen LogP contribution in [0, 0.1) is 13.8 Å². The van der Waals surface area contributed by atoms with Crippen LogP contribution in [-0.4, -0.2) is 48.2 Å². The predicted molar refractivity (Wildman–Crippen MR) is 118 cm³/mol. The minimum atomic E-state index is -3.54. The van der Waals surface area contributed by atoms with Gasteiger partial charge in [-0.2, -0.15) is 0 Å². The van der Waals surface area contributed by atoms with Crippen LogP contribution in [0.4, 0.5) is 5.69 Å². The average Bonchev–Trinajstić information content (AvgIpc) is 3.04. The Hall–Kier alpha value is -2.30. The molecule has 1 aromatic heterocycles. The molecule has 2 rings (SSSR count). The number of aliphatic imine (C=N–C) groups is 1. The Morgan fingerprint density at radius 3 is 2.45 bits per heavy atom. The monoisotopic (exact) mass is 440 g/mol. The first-order valence-electron chi connectivity index (χ1n) is 9.14. The zero-order chi connectivity index (χ0) is 21.4. The smallest absolute Gasteiger partial charge is 0.241 e. The topological polar surface area (TPSA) is 101 Å². The summed E-state index contributed by atoms with van der Waals surface area (Å²) in [4.78, 5) is 6.51. The Balaban J connectivity index is 2.01. The minimum absolute atomic E-state index is 0.194. The molecule has 1 heterocycles. The van der Waals surface area contributed by atoms with E-state index < -0.39 is 10.0 Å². The number of methoxy groups -OCH3 is 2. The second kappa shape index (κ2) is 10.5. The van der Waals surface area contributed by atoms with Crippen molar-refractivity contribution >= 4 is 33.0 Å². The van der Waals surface area contributed by atoms with E-state index in [0.29, 0.717) is 28.9 Å². The van der Waals surface area contributed by atoms with Gasteiger partial charge < -0.3 is 20.1 Å². The molecule has 160 valence electrons. The first-order valence-corrected chi connectivity index (χ1v) is 11.4. The molecule has 0 amide bonds. The average molecular weight is 441 g/mol. The van der Waals surface area contributed by atoms with Gasteiger partial charge in [-0.15, -0.1) is 11.3 Å². The molecule has 0 spiro atoms. The maximum absolute atomic E-state index is 12.4. The summed E-state index contributed by atoms with van der Waals surface area (Å²) < 4.78 is 38.0. The van der Waals surface area contributed by atoms with Gasteiger partial charge in [-0.1, -0.05) is 0 Å². The highest BCUT2D eigenvalue weighted by atomic mass is 32.2. The highest BCUT2D eigenvalue weighted by molar-refractivity contribution is 7.89. The number of benzene rings is 1. The summed E-state index contributed by atoms with van der Waals surface area (Å²) in [7, 11) is -0.383. The number of anilines is 1. The van der Waals surface area contributed by atoms with Gasteiger partial charge in [0.2, 0.25) is 10.0 Å². The van der Waals surface area contributed by atoms with Crippen LogP contribution in [0.3, 0.4) is 0 Å². The highest BCUT2D eigenvalue weighted by Gasteiger charge is 2.18. The molecule has 0 fully saturated rings. The number of guanidine groups is 1. The molecule has 0 saturated heterocycles. The molecule has 10 heteroatoms. The summed E-state index contributed by atoms with van der Waals surface area (Å²) >= 11 is 1.47. The van der Waals surface area contributed by atoms with E-state index in [0.717, 1.165) is 15.4 Å². The summed E-state index contributed by atoms with van der Waals surface area (Å²) in [5, 5.41) is 6.31. The fraction of sp³-hybridized carbons (Fsp3) is 0.421. The van der Waals surface area contributed by atoms with Gasteiger partial charge in [0.1, 0.15) is 0 Å². The number of hydrogen-bond donors (Lipinski definition) is 3. The van der Waals surface area contributed by atoms with Gasteiger partial charge in [-0.05, 0) is 39.0 Å². The van der Waals surface area contributed by atoms with E-state index >= 15 is 0 Å². The zero-order valence-corrected chi connectivity index (χ0v) is 19.0. The number of thiophene rings is 1. The summed E-state index contributed by atoms with van der Waals surface area (Å²) in [5.74, 6) is 1.78. The third-order valence-corrected chi connectivity index (χ3v) is 6.63. The van der Waals surface area contributed by atoms with Gasteiger partial charge >= 0.3 is 0 Å².